The molecule has 9 heteroatoms. The van der Waals surface area contributed by atoms with Crippen molar-refractivity contribution in [3.8, 4) is 0 Å². The Labute approximate surface area is 165 Å². The average molecular weight is 393 g/mol. The summed E-state index contributed by atoms with van der Waals surface area (Å²) >= 11 is 0. The number of carbonyl (C=O) groups excluding carboxylic acids is 2. The lowest BCUT2D eigenvalue weighted by molar-refractivity contribution is -0.162. The lowest BCUT2D eigenvalue weighted by Crippen LogP contribution is -2.56. The van der Waals surface area contributed by atoms with Crippen molar-refractivity contribution in [2.75, 3.05) is 46.4 Å². The van der Waals surface area contributed by atoms with Crippen LogP contribution in [-0.4, -0.2) is 88.5 Å². The number of nitrogens with zero attached hydrogens (tertiary/aromatic N) is 4. The Hall–Kier alpha value is -1.97. The fourth-order valence-electron chi connectivity index (χ4n) is 4.02. The number of aliphatic hydroxyl groups is 1. The standard InChI is InChI=1S/C19H31N5O4/c1-15-16(13-24(21-15)10-11-25)12-22-8-4-19(28-2,5-9-22)18(27)23-7-3-6-20-17(26)14-23/h13,25H,3-12,14H2,1-2H3,(H,20,26). The van der Waals surface area contributed by atoms with Crippen LogP contribution in [0.25, 0.3) is 0 Å². The molecule has 0 saturated carbocycles. The molecular formula is C19H31N5O4. The van der Waals surface area contributed by atoms with Gasteiger partial charge >= 0.3 is 0 Å². The van der Waals surface area contributed by atoms with Gasteiger partial charge in [0.2, 0.25) is 5.91 Å². The molecule has 0 aromatic carbocycles. The van der Waals surface area contributed by atoms with Gasteiger partial charge in [0, 0.05) is 51.6 Å². The average Bonchev–Trinajstić information content (AvgIpc) is 2.89. The lowest BCUT2D eigenvalue weighted by Gasteiger charge is -2.41. The fourth-order valence-corrected chi connectivity index (χ4v) is 4.02. The molecule has 3 rings (SSSR count). The minimum atomic E-state index is -0.850. The van der Waals surface area contributed by atoms with E-state index in [1.807, 2.05) is 13.1 Å². The number of ether oxygens (including phenoxy) is 1. The topological polar surface area (TPSA) is 99.9 Å². The van der Waals surface area contributed by atoms with Crippen molar-refractivity contribution in [2.24, 2.45) is 0 Å². The summed E-state index contributed by atoms with van der Waals surface area (Å²) in [6.45, 7) is 6.07. The Morgan fingerprint density at radius 3 is 2.79 bits per heavy atom. The molecule has 1 aromatic heterocycles. The summed E-state index contributed by atoms with van der Waals surface area (Å²) in [6, 6.07) is 0. The van der Waals surface area contributed by atoms with Crippen molar-refractivity contribution >= 4 is 11.8 Å². The summed E-state index contributed by atoms with van der Waals surface area (Å²) in [4.78, 5) is 28.9. The minimum Gasteiger partial charge on any atom is -0.394 e. The quantitative estimate of drug-likeness (QED) is 0.677. The van der Waals surface area contributed by atoms with Crippen molar-refractivity contribution in [3.63, 3.8) is 0 Å². The van der Waals surface area contributed by atoms with Crippen molar-refractivity contribution in [2.45, 2.75) is 44.9 Å². The Kier molecular flexibility index (Phi) is 6.69. The highest BCUT2D eigenvalue weighted by molar-refractivity contribution is 5.90. The van der Waals surface area contributed by atoms with Gasteiger partial charge in [0.05, 0.1) is 25.4 Å². The molecule has 0 bridgehead atoms. The first-order valence-electron chi connectivity index (χ1n) is 9.95. The summed E-state index contributed by atoms with van der Waals surface area (Å²) in [6.07, 6.45) is 3.94. The highest BCUT2D eigenvalue weighted by Crippen LogP contribution is 2.29. The van der Waals surface area contributed by atoms with E-state index in [1.54, 1.807) is 16.7 Å². The predicted octanol–water partition coefficient (Wildman–Crippen LogP) is -0.487. The summed E-state index contributed by atoms with van der Waals surface area (Å²) in [5, 5.41) is 16.3. The highest BCUT2D eigenvalue weighted by atomic mass is 16.5. The molecule has 0 aliphatic carbocycles. The van der Waals surface area contributed by atoms with Crippen LogP contribution in [-0.2, 0) is 27.4 Å². The molecule has 2 N–H and O–H groups in total. The van der Waals surface area contributed by atoms with Gasteiger partial charge in [-0.3, -0.25) is 19.2 Å². The van der Waals surface area contributed by atoms with Crippen LogP contribution in [0.3, 0.4) is 0 Å². The first-order chi connectivity index (χ1) is 13.5. The number of piperidine rings is 1. The molecule has 0 unspecified atom stereocenters. The van der Waals surface area contributed by atoms with Crippen LogP contribution in [0.5, 0.6) is 0 Å². The zero-order valence-electron chi connectivity index (χ0n) is 16.8. The normalized spacial score (nSPS) is 20.7. The minimum absolute atomic E-state index is 0.0667. The maximum Gasteiger partial charge on any atom is 0.255 e. The molecular weight excluding hydrogens is 362 g/mol. The molecule has 2 aliphatic heterocycles. The van der Waals surface area contributed by atoms with E-state index in [4.69, 9.17) is 9.84 Å². The number of hydrogen-bond acceptors (Lipinski definition) is 6. The van der Waals surface area contributed by atoms with E-state index in [0.717, 1.165) is 37.3 Å². The van der Waals surface area contributed by atoms with Crippen molar-refractivity contribution < 1.29 is 19.4 Å². The Bertz CT molecular complexity index is 696. The van der Waals surface area contributed by atoms with E-state index in [-0.39, 0.29) is 25.0 Å². The van der Waals surface area contributed by atoms with E-state index >= 15 is 0 Å². The molecule has 2 saturated heterocycles. The van der Waals surface area contributed by atoms with Gasteiger partial charge in [-0.1, -0.05) is 0 Å². The van der Waals surface area contributed by atoms with Crippen LogP contribution in [0, 0.1) is 6.92 Å². The molecule has 28 heavy (non-hydrogen) atoms. The predicted molar refractivity (Wildman–Crippen MR) is 103 cm³/mol. The van der Waals surface area contributed by atoms with Gasteiger partial charge in [-0.15, -0.1) is 0 Å². The van der Waals surface area contributed by atoms with Crippen molar-refractivity contribution in [1.29, 1.82) is 0 Å². The van der Waals surface area contributed by atoms with Crippen LogP contribution < -0.4 is 5.32 Å². The van der Waals surface area contributed by atoms with E-state index < -0.39 is 5.60 Å². The van der Waals surface area contributed by atoms with E-state index in [9.17, 15) is 9.59 Å². The fraction of sp³-hybridized carbons (Fsp3) is 0.737. The number of aryl methyl sites for hydroxylation is 1. The molecule has 156 valence electrons. The van der Waals surface area contributed by atoms with Gasteiger partial charge in [-0.25, -0.2) is 0 Å². The second-order valence-electron chi connectivity index (χ2n) is 7.63. The van der Waals surface area contributed by atoms with Gasteiger partial charge in [-0.2, -0.15) is 5.10 Å². The number of rotatable bonds is 6. The van der Waals surface area contributed by atoms with Crippen LogP contribution in [0.2, 0.25) is 0 Å². The second kappa shape index (κ2) is 9.02. The third-order valence-electron chi connectivity index (χ3n) is 5.76. The molecule has 9 nitrogen and oxygen atoms in total. The van der Waals surface area contributed by atoms with Crippen molar-refractivity contribution in [1.82, 2.24) is 24.9 Å². The van der Waals surface area contributed by atoms with E-state index in [0.29, 0.717) is 32.5 Å². The lowest BCUT2D eigenvalue weighted by atomic mass is 9.89. The zero-order chi connectivity index (χ0) is 20.1. The number of hydrogen-bond donors (Lipinski definition) is 2. The van der Waals surface area contributed by atoms with Crippen LogP contribution in [0.15, 0.2) is 6.20 Å². The van der Waals surface area contributed by atoms with Gasteiger partial charge < -0.3 is 20.1 Å². The maximum absolute atomic E-state index is 13.2. The van der Waals surface area contributed by atoms with Crippen LogP contribution in [0.1, 0.15) is 30.5 Å². The SMILES string of the molecule is COC1(C(=O)N2CCCNC(=O)C2)CCN(Cc2cn(CCO)nc2C)CC1. The molecule has 2 aliphatic rings. The maximum atomic E-state index is 13.2. The smallest absolute Gasteiger partial charge is 0.255 e. The molecule has 0 atom stereocenters. The number of nitrogens with one attached hydrogen (secondary N) is 1. The van der Waals surface area contributed by atoms with Crippen LogP contribution in [0.4, 0.5) is 0 Å². The number of carbonyl (C=O) groups is 2. The monoisotopic (exact) mass is 393 g/mol. The highest BCUT2D eigenvalue weighted by Gasteiger charge is 2.44. The van der Waals surface area contributed by atoms with Gasteiger partial charge in [0.15, 0.2) is 0 Å². The third kappa shape index (κ3) is 4.53. The number of likely N-dealkylation sites (tertiary alicyclic amines) is 1. The first-order valence-corrected chi connectivity index (χ1v) is 9.95. The molecule has 1 aromatic rings. The third-order valence-corrected chi connectivity index (χ3v) is 5.76. The van der Waals surface area contributed by atoms with Crippen molar-refractivity contribution in [3.05, 3.63) is 17.5 Å². The van der Waals surface area contributed by atoms with Crippen LogP contribution >= 0.6 is 0 Å². The number of methoxy groups -OCH3 is 1. The largest absolute Gasteiger partial charge is 0.394 e. The molecule has 2 amide bonds. The summed E-state index contributed by atoms with van der Waals surface area (Å²) in [5.74, 6) is -0.177. The summed E-state index contributed by atoms with van der Waals surface area (Å²) < 4.78 is 7.50. The Morgan fingerprint density at radius 2 is 2.11 bits per heavy atom. The number of aromatic nitrogens is 2. The van der Waals surface area contributed by atoms with E-state index in [2.05, 4.69) is 15.3 Å². The molecule has 3 heterocycles. The second-order valence-corrected chi connectivity index (χ2v) is 7.63. The Morgan fingerprint density at radius 1 is 1.36 bits per heavy atom. The summed E-state index contributed by atoms with van der Waals surface area (Å²) in [7, 11) is 1.59. The molecule has 0 spiro atoms. The number of amides is 2. The van der Waals surface area contributed by atoms with Gasteiger partial charge in [0.1, 0.15) is 5.60 Å². The Balaban J connectivity index is 1.61. The summed E-state index contributed by atoms with van der Waals surface area (Å²) in [5.41, 5.74) is 1.25. The number of aliphatic hydroxyl groups excluding tert-OH is 1. The molecule has 2 fully saturated rings. The molecule has 0 radical (unpaired) electrons. The van der Waals surface area contributed by atoms with Gasteiger partial charge in [0.25, 0.3) is 5.91 Å². The van der Waals surface area contributed by atoms with E-state index in [1.165, 1.54) is 0 Å². The first kappa shape index (κ1) is 20.8. The van der Waals surface area contributed by atoms with Gasteiger partial charge in [-0.05, 0) is 26.2 Å². The zero-order valence-corrected chi connectivity index (χ0v) is 16.8.